The molecule has 6 fully saturated rings. The molecule has 0 amide bonds. The predicted molar refractivity (Wildman–Crippen MR) is 186 cm³/mol. The second kappa shape index (κ2) is 11.9. The number of hydrogen-bond acceptors (Lipinski definition) is 9. The molecule has 10 heteroatoms. The molecular formula is C41H54O10. The van der Waals surface area contributed by atoms with Crippen LogP contribution in [0.1, 0.15) is 91.9 Å². The van der Waals surface area contributed by atoms with Gasteiger partial charge < -0.3 is 30.6 Å². The van der Waals surface area contributed by atoms with Gasteiger partial charge in [-0.3, -0.25) is 14.4 Å². The number of aliphatic carboxylic acids is 1. The number of aliphatic hydroxyl groups excluding tert-OH is 3. The van der Waals surface area contributed by atoms with Gasteiger partial charge in [0.05, 0.1) is 12.2 Å². The molecule has 0 saturated heterocycles. The molecule has 0 radical (unpaired) electrons. The van der Waals surface area contributed by atoms with E-state index in [4.69, 9.17) is 0 Å². The van der Waals surface area contributed by atoms with E-state index in [-0.39, 0.29) is 70.7 Å². The fourth-order valence-electron chi connectivity index (χ4n) is 13.6. The first-order valence-corrected chi connectivity index (χ1v) is 18.9. The van der Waals surface area contributed by atoms with Crippen molar-refractivity contribution >= 4 is 23.3 Å². The number of allylic oxidation sites excluding steroid dienone is 8. The Balaban J connectivity index is 0.000000159. The third-order valence-electron chi connectivity index (χ3n) is 16.3. The number of carbonyl (C=O) groups excluding carboxylic acids is 3. The van der Waals surface area contributed by atoms with Gasteiger partial charge in [-0.15, -0.1) is 0 Å². The topological polar surface area (TPSA) is 190 Å². The lowest BCUT2D eigenvalue weighted by Crippen LogP contribution is -2.61. The molecule has 0 bridgehead atoms. The number of aliphatic hydroxyl groups is 5. The standard InChI is InChI=1S/C21H28O5.C20H26O5/c1-19-7-5-13(23)9-12(19)3-4-14-15-6-8-21(26,17(25)11-22)20(15,2)10-16(24)18(14)19;1-18-7-5-12(21)9-11(18)3-4-13-14-6-8-20(25,17(23)24)19(14,2)10-15(22)16(13)18/h5,7,9,14-16,18,22,24,26H,3-4,6,8,10-11H2,1-2H3;5,7,9,13-16,22,25H,3-4,6,8,10H2,1-2H3,(H,23,24)/t14?,15?,16-,18?,19?,20?,21-;13?,14?,15-,16?,18?,19?,20-/m00/s1. The van der Waals surface area contributed by atoms with Crippen LogP contribution in [0.15, 0.2) is 47.6 Å². The zero-order valence-corrected chi connectivity index (χ0v) is 30.2. The molecule has 0 spiro atoms. The van der Waals surface area contributed by atoms with E-state index in [2.05, 4.69) is 13.8 Å². The van der Waals surface area contributed by atoms with Gasteiger partial charge in [0.15, 0.2) is 23.0 Å². The fraction of sp³-hybridized carbons (Fsp3) is 0.707. The summed E-state index contributed by atoms with van der Waals surface area (Å²) in [4.78, 5) is 47.7. The average Bonchev–Trinajstić information content (AvgIpc) is 3.50. The van der Waals surface area contributed by atoms with Crippen molar-refractivity contribution in [3.05, 3.63) is 47.6 Å². The van der Waals surface area contributed by atoms with Crippen LogP contribution < -0.4 is 0 Å². The number of hydrogen-bond donors (Lipinski definition) is 6. The number of carbonyl (C=O) groups is 4. The van der Waals surface area contributed by atoms with Crippen LogP contribution >= 0.6 is 0 Å². The number of carboxylic acids is 1. The highest BCUT2D eigenvalue weighted by Gasteiger charge is 2.70. The quantitative estimate of drug-likeness (QED) is 0.253. The molecule has 0 aromatic carbocycles. The van der Waals surface area contributed by atoms with E-state index in [0.717, 1.165) is 43.3 Å². The Hall–Kier alpha value is -2.76. The van der Waals surface area contributed by atoms with E-state index in [9.17, 15) is 49.8 Å². The summed E-state index contributed by atoms with van der Waals surface area (Å²) in [6.45, 7) is 7.27. The highest BCUT2D eigenvalue weighted by atomic mass is 16.4. The van der Waals surface area contributed by atoms with E-state index >= 15 is 0 Å². The molecule has 0 heterocycles. The van der Waals surface area contributed by atoms with Crippen LogP contribution in [0.4, 0.5) is 0 Å². The highest BCUT2D eigenvalue weighted by molar-refractivity contribution is 6.01. The zero-order chi connectivity index (χ0) is 37.1. The van der Waals surface area contributed by atoms with Gasteiger partial charge in [-0.2, -0.15) is 0 Å². The minimum absolute atomic E-state index is 0.00202. The summed E-state index contributed by atoms with van der Waals surface area (Å²) in [5.41, 5.74) is -3.40. The summed E-state index contributed by atoms with van der Waals surface area (Å²) in [6, 6.07) is 0. The highest BCUT2D eigenvalue weighted by Crippen LogP contribution is 2.68. The molecule has 278 valence electrons. The second-order valence-corrected chi connectivity index (χ2v) is 18.1. The van der Waals surface area contributed by atoms with Gasteiger partial charge in [0.25, 0.3) is 0 Å². The van der Waals surface area contributed by atoms with Gasteiger partial charge in [-0.1, -0.05) is 51.0 Å². The van der Waals surface area contributed by atoms with Gasteiger partial charge in [0, 0.05) is 33.5 Å². The Morgan fingerprint density at radius 1 is 0.706 bits per heavy atom. The first-order valence-electron chi connectivity index (χ1n) is 18.9. The Morgan fingerprint density at radius 2 is 1.12 bits per heavy atom. The maximum atomic E-state index is 12.4. The van der Waals surface area contributed by atoms with Crippen molar-refractivity contribution in [3.63, 3.8) is 0 Å². The maximum Gasteiger partial charge on any atom is 0.336 e. The van der Waals surface area contributed by atoms with E-state index in [1.807, 2.05) is 26.0 Å². The van der Waals surface area contributed by atoms with Gasteiger partial charge in [0.1, 0.15) is 12.2 Å². The number of Topliss-reactive ketones (excluding diaryl/α,β-unsaturated/α-hetero) is 1. The van der Waals surface area contributed by atoms with Gasteiger partial charge in [-0.25, -0.2) is 4.79 Å². The third kappa shape index (κ3) is 4.85. The first-order chi connectivity index (χ1) is 23.8. The smallest absolute Gasteiger partial charge is 0.336 e. The molecule has 6 N–H and O–H groups in total. The van der Waals surface area contributed by atoms with Gasteiger partial charge in [0.2, 0.25) is 0 Å². The van der Waals surface area contributed by atoms with Crippen molar-refractivity contribution in [2.24, 2.45) is 57.2 Å². The predicted octanol–water partition coefficient (Wildman–Crippen LogP) is 3.64. The van der Waals surface area contributed by atoms with Crippen LogP contribution in [0.2, 0.25) is 0 Å². The molecule has 0 aromatic rings. The fourth-order valence-corrected chi connectivity index (χ4v) is 13.6. The van der Waals surface area contributed by atoms with Crippen molar-refractivity contribution in [1.29, 1.82) is 0 Å². The maximum absolute atomic E-state index is 12.4. The summed E-state index contributed by atoms with van der Waals surface area (Å²) in [5.74, 6) is -1.20. The second-order valence-electron chi connectivity index (χ2n) is 18.1. The molecule has 51 heavy (non-hydrogen) atoms. The molecule has 6 saturated carbocycles. The monoisotopic (exact) mass is 706 g/mol. The van der Waals surface area contributed by atoms with Crippen molar-refractivity contribution in [1.82, 2.24) is 0 Å². The van der Waals surface area contributed by atoms with Gasteiger partial charge in [-0.05, 0) is 112 Å². The molecule has 8 aliphatic rings. The Bertz CT molecular complexity index is 1670. The van der Waals surface area contributed by atoms with E-state index < -0.39 is 52.6 Å². The largest absolute Gasteiger partial charge is 0.479 e. The summed E-state index contributed by atoms with van der Waals surface area (Å²) in [5, 5.41) is 63.2. The normalized spacial score (nSPS) is 50.6. The van der Waals surface area contributed by atoms with E-state index in [1.54, 1.807) is 24.3 Å². The first kappa shape index (κ1) is 36.6. The minimum atomic E-state index is -1.76. The SMILES string of the molecule is CC12C=CC(=O)C=C1CCC1C2[C@@H](O)CC2(C)C1CC[C@]2(O)C(=O)CO.CC12C=CC(=O)C=C1CCC1C2[C@@H](O)CC2(C)C1CC[C@]2(O)C(=O)O. The Labute approximate surface area is 299 Å². The molecule has 0 aliphatic heterocycles. The molecule has 0 aromatic heterocycles. The van der Waals surface area contributed by atoms with Crippen molar-refractivity contribution < 1.29 is 49.8 Å². The van der Waals surface area contributed by atoms with E-state index in [1.165, 1.54) is 0 Å². The van der Waals surface area contributed by atoms with Crippen LogP contribution in [0.3, 0.4) is 0 Å². The lowest BCUT2D eigenvalue weighted by molar-refractivity contribution is -0.192. The van der Waals surface area contributed by atoms with Crippen LogP contribution in [-0.4, -0.2) is 84.0 Å². The van der Waals surface area contributed by atoms with Crippen molar-refractivity contribution in [2.45, 2.75) is 115 Å². The third-order valence-corrected chi connectivity index (χ3v) is 16.3. The van der Waals surface area contributed by atoms with Crippen LogP contribution in [-0.2, 0) is 19.2 Å². The molecular weight excluding hydrogens is 652 g/mol. The van der Waals surface area contributed by atoms with E-state index in [0.29, 0.717) is 19.3 Å². The minimum Gasteiger partial charge on any atom is -0.479 e. The number of fused-ring (bicyclic) bond motifs is 10. The molecule has 10 nitrogen and oxygen atoms in total. The zero-order valence-electron chi connectivity index (χ0n) is 30.2. The Morgan fingerprint density at radius 3 is 1.53 bits per heavy atom. The summed E-state index contributed by atoms with van der Waals surface area (Å²) < 4.78 is 0. The summed E-state index contributed by atoms with van der Waals surface area (Å²) >= 11 is 0. The summed E-state index contributed by atoms with van der Waals surface area (Å²) in [6.07, 6.45) is 15.0. The number of ketones is 3. The summed E-state index contributed by atoms with van der Waals surface area (Å²) in [7, 11) is 0. The van der Waals surface area contributed by atoms with Crippen molar-refractivity contribution in [2.75, 3.05) is 6.61 Å². The molecule has 8 aliphatic carbocycles. The molecule has 8 rings (SSSR count). The molecule has 14 atom stereocenters. The van der Waals surface area contributed by atoms with Crippen LogP contribution in [0, 0.1) is 57.2 Å². The Kier molecular flexibility index (Phi) is 8.52. The molecule has 10 unspecified atom stereocenters. The van der Waals surface area contributed by atoms with Gasteiger partial charge >= 0.3 is 5.97 Å². The number of rotatable bonds is 3. The number of carboxylic acid groups (broad SMARTS) is 1. The van der Waals surface area contributed by atoms with Crippen molar-refractivity contribution in [3.8, 4) is 0 Å². The lowest BCUT2D eigenvalue weighted by atomic mass is 9.46. The lowest BCUT2D eigenvalue weighted by Gasteiger charge is -2.59. The van der Waals surface area contributed by atoms with Crippen LogP contribution in [0.25, 0.3) is 0 Å². The van der Waals surface area contributed by atoms with Crippen LogP contribution in [0.5, 0.6) is 0 Å². The average molecular weight is 707 g/mol.